The number of anilines is 1. The van der Waals surface area contributed by atoms with Gasteiger partial charge in [-0.25, -0.2) is 0 Å². The number of fused-ring (bicyclic) bond motifs is 1. The summed E-state index contributed by atoms with van der Waals surface area (Å²) in [6.45, 7) is 2.01. The predicted octanol–water partition coefficient (Wildman–Crippen LogP) is 3.09. The zero-order valence-electron chi connectivity index (χ0n) is 10.6. The summed E-state index contributed by atoms with van der Waals surface area (Å²) in [6, 6.07) is 15.3. The van der Waals surface area contributed by atoms with Crippen molar-refractivity contribution in [1.29, 1.82) is 0 Å². The van der Waals surface area contributed by atoms with Gasteiger partial charge in [-0.15, -0.1) is 0 Å². The van der Waals surface area contributed by atoms with Crippen LogP contribution in [0.25, 0.3) is 22.2 Å². The van der Waals surface area contributed by atoms with E-state index in [9.17, 15) is 4.79 Å². The van der Waals surface area contributed by atoms with Crippen LogP contribution in [0.15, 0.2) is 53.3 Å². The zero-order valence-corrected chi connectivity index (χ0v) is 10.6. The van der Waals surface area contributed by atoms with Crippen LogP contribution in [0.2, 0.25) is 0 Å². The second kappa shape index (κ2) is 4.28. The van der Waals surface area contributed by atoms with Crippen molar-refractivity contribution in [2.75, 3.05) is 5.73 Å². The third kappa shape index (κ3) is 1.89. The van der Waals surface area contributed by atoms with E-state index in [4.69, 9.17) is 5.73 Å². The number of aromatic amines is 1. The third-order valence-corrected chi connectivity index (χ3v) is 3.25. The van der Waals surface area contributed by atoms with E-state index in [0.29, 0.717) is 11.1 Å². The molecule has 0 atom stereocenters. The summed E-state index contributed by atoms with van der Waals surface area (Å²) in [7, 11) is 0. The predicted molar refractivity (Wildman–Crippen MR) is 79.2 cm³/mol. The normalized spacial score (nSPS) is 10.8. The smallest absolute Gasteiger partial charge is 0.212 e. The fourth-order valence-electron chi connectivity index (χ4n) is 2.28. The molecule has 3 aromatic rings. The van der Waals surface area contributed by atoms with E-state index in [1.165, 1.54) is 0 Å². The number of aromatic nitrogens is 1. The third-order valence-electron chi connectivity index (χ3n) is 3.25. The molecule has 0 aliphatic rings. The van der Waals surface area contributed by atoms with Crippen LogP contribution >= 0.6 is 0 Å². The molecule has 1 heterocycles. The van der Waals surface area contributed by atoms with Crippen molar-refractivity contribution in [3.8, 4) is 11.3 Å². The molecule has 1 aromatic heterocycles. The number of para-hydroxylation sites is 1. The van der Waals surface area contributed by atoms with Crippen molar-refractivity contribution < 1.29 is 0 Å². The molecule has 0 spiro atoms. The van der Waals surface area contributed by atoms with Gasteiger partial charge >= 0.3 is 0 Å². The molecular weight excluding hydrogens is 236 g/mol. The molecule has 0 aliphatic carbocycles. The van der Waals surface area contributed by atoms with Crippen molar-refractivity contribution >= 4 is 16.6 Å². The van der Waals surface area contributed by atoms with E-state index in [1.54, 1.807) is 6.07 Å². The number of H-pyrrole nitrogens is 1. The van der Waals surface area contributed by atoms with Crippen LogP contribution in [-0.2, 0) is 0 Å². The Morgan fingerprint density at radius 3 is 2.63 bits per heavy atom. The summed E-state index contributed by atoms with van der Waals surface area (Å²) in [5, 5.41) is 0.622. The number of hydrogen-bond donors (Lipinski definition) is 2. The first-order chi connectivity index (χ1) is 9.16. The highest BCUT2D eigenvalue weighted by atomic mass is 16.1. The van der Waals surface area contributed by atoms with Crippen LogP contribution < -0.4 is 11.2 Å². The highest BCUT2D eigenvalue weighted by Gasteiger charge is 2.10. The summed E-state index contributed by atoms with van der Waals surface area (Å²) in [5.74, 6) is 0. The average molecular weight is 250 g/mol. The van der Waals surface area contributed by atoms with E-state index < -0.39 is 0 Å². The first kappa shape index (κ1) is 11.5. The minimum Gasteiger partial charge on any atom is -0.394 e. The second-order valence-corrected chi connectivity index (χ2v) is 4.66. The first-order valence-corrected chi connectivity index (χ1v) is 6.14. The van der Waals surface area contributed by atoms with Gasteiger partial charge in [0, 0.05) is 16.5 Å². The largest absolute Gasteiger partial charge is 0.394 e. The number of hydrogen-bond acceptors (Lipinski definition) is 2. The Kier molecular flexibility index (Phi) is 2.60. The maximum Gasteiger partial charge on any atom is 0.212 e. The molecule has 3 nitrogen and oxygen atoms in total. The summed E-state index contributed by atoms with van der Waals surface area (Å²) in [6.07, 6.45) is 0. The van der Waals surface area contributed by atoms with Gasteiger partial charge in [0.05, 0.1) is 5.69 Å². The number of aryl methyl sites for hydroxylation is 1. The maximum atomic E-state index is 12.3. The zero-order chi connectivity index (χ0) is 13.4. The molecule has 0 bridgehead atoms. The Bertz CT molecular complexity index is 818. The van der Waals surface area contributed by atoms with Gasteiger partial charge in [-0.1, -0.05) is 35.9 Å². The van der Waals surface area contributed by atoms with Crippen LogP contribution in [0.5, 0.6) is 0 Å². The fraction of sp³-hybridized carbons (Fsp3) is 0.0625. The fourth-order valence-corrected chi connectivity index (χ4v) is 2.28. The topological polar surface area (TPSA) is 58.9 Å². The van der Waals surface area contributed by atoms with Crippen LogP contribution in [0.4, 0.5) is 5.69 Å². The van der Waals surface area contributed by atoms with Crippen LogP contribution in [0.3, 0.4) is 0 Å². The molecule has 3 rings (SSSR count). The van der Waals surface area contributed by atoms with Crippen molar-refractivity contribution in [1.82, 2.24) is 4.98 Å². The molecule has 94 valence electrons. The Balaban J connectivity index is 2.36. The van der Waals surface area contributed by atoms with Gasteiger partial charge in [0.25, 0.3) is 0 Å². The van der Waals surface area contributed by atoms with Gasteiger partial charge in [0.15, 0.2) is 0 Å². The van der Waals surface area contributed by atoms with Crippen molar-refractivity contribution in [3.63, 3.8) is 0 Å². The lowest BCUT2D eigenvalue weighted by Gasteiger charge is -2.09. The van der Waals surface area contributed by atoms with E-state index in [2.05, 4.69) is 4.98 Å². The Morgan fingerprint density at radius 1 is 1.05 bits per heavy atom. The van der Waals surface area contributed by atoms with Crippen LogP contribution in [-0.4, -0.2) is 4.98 Å². The highest BCUT2D eigenvalue weighted by molar-refractivity contribution is 5.87. The Morgan fingerprint density at radius 2 is 1.84 bits per heavy atom. The molecular formula is C16H14N2O. The van der Waals surface area contributed by atoms with Gasteiger partial charge in [-0.3, -0.25) is 4.79 Å². The van der Waals surface area contributed by atoms with Gasteiger partial charge in [-0.05, 0) is 25.1 Å². The number of rotatable bonds is 1. The lowest BCUT2D eigenvalue weighted by molar-refractivity contribution is 1.37. The molecule has 2 aromatic carbocycles. The molecule has 0 unspecified atom stereocenters. The molecule has 0 saturated carbocycles. The Hall–Kier alpha value is -2.55. The van der Waals surface area contributed by atoms with Crippen LogP contribution in [0.1, 0.15) is 5.56 Å². The monoisotopic (exact) mass is 250 g/mol. The van der Waals surface area contributed by atoms with E-state index in [1.807, 2.05) is 49.4 Å². The van der Waals surface area contributed by atoms with E-state index >= 15 is 0 Å². The molecule has 0 radical (unpaired) electrons. The highest BCUT2D eigenvalue weighted by Crippen LogP contribution is 2.24. The van der Waals surface area contributed by atoms with Gasteiger partial charge in [-0.2, -0.15) is 0 Å². The van der Waals surface area contributed by atoms with Crippen molar-refractivity contribution in [3.05, 3.63) is 64.3 Å². The summed E-state index contributed by atoms with van der Waals surface area (Å²) < 4.78 is 0. The van der Waals surface area contributed by atoms with Gasteiger partial charge < -0.3 is 10.7 Å². The number of benzene rings is 2. The number of nitrogen functional groups attached to an aromatic ring is 1. The molecule has 3 heteroatoms. The van der Waals surface area contributed by atoms with Crippen molar-refractivity contribution in [2.24, 2.45) is 0 Å². The van der Waals surface area contributed by atoms with E-state index in [-0.39, 0.29) is 11.1 Å². The number of pyridine rings is 1. The molecule has 3 N–H and O–H groups in total. The lowest BCUT2D eigenvalue weighted by Crippen LogP contribution is -2.11. The standard InChI is InChI=1S/C16H14N2O/c1-10-5-4-6-11(9-10)15-14(17)16(19)12-7-2-3-8-13(12)18-15/h2-9H,17H2,1H3,(H,18,19). The van der Waals surface area contributed by atoms with Gasteiger partial charge in [0.2, 0.25) is 5.43 Å². The van der Waals surface area contributed by atoms with E-state index in [0.717, 1.165) is 16.6 Å². The maximum absolute atomic E-state index is 12.3. The number of nitrogens with one attached hydrogen (secondary N) is 1. The van der Waals surface area contributed by atoms with Gasteiger partial charge in [0.1, 0.15) is 5.69 Å². The first-order valence-electron chi connectivity index (χ1n) is 6.14. The van der Waals surface area contributed by atoms with Crippen LogP contribution in [0, 0.1) is 6.92 Å². The molecule has 0 saturated heterocycles. The molecule has 0 fully saturated rings. The summed E-state index contributed by atoms with van der Waals surface area (Å²) in [5.41, 5.74) is 9.69. The quantitative estimate of drug-likeness (QED) is 0.697. The minimum atomic E-state index is -0.120. The molecule has 19 heavy (non-hydrogen) atoms. The summed E-state index contributed by atoms with van der Waals surface area (Å²) >= 11 is 0. The minimum absolute atomic E-state index is 0.120. The summed E-state index contributed by atoms with van der Waals surface area (Å²) in [4.78, 5) is 15.5. The lowest BCUT2D eigenvalue weighted by atomic mass is 10.1. The van der Waals surface area contributed by atoms with Crippen molar-refractivity contribution in [2.45, 2.75) is 6.92 Å². The average Bonchev–Trinajstić information content (AvgIpc) is 2.43. The number of nitrogens with two attached hydrogens (primary N) is 1. The molecule has 0 aliphatic heterocycles. The second-order valence-electron chi connectivity index (χ2n) is 4.66. The SMILES string of the molecule is Cc1cccc(-c2[nH]c3ccccc3c(=O)c2N)c1. The Labute approximate surface area is 110 Å². The molecule has 0 amide bonds.